The highest BCUT2D eigenvalue weighted by Gasteiger charge is 2.09. The maximum absolute atomic E-state index is 3.73. The molecule has 0 bridgehead atoms. The lowest BCUT2D eigenvalue weighted by atomic mass is 9.97. The predicted octanol–water partition coefficient (Wildman–Crippen LogP) is 3.83. The van der Waals surface area contributed by atoms with Gasteiger partial charge < -0.3 is 5.32 Å². The van der Waals surface area contributed by atoms with Gasteiger partial charge in [0.2, 0.25) is 0 Å². The van der Waals surface area contributed by atoms with E-state index in [1.54, 1.807) is 0 Å². The summed E-state index contributed by atoms with van der Waals surface area (Å²) in [4.78, 5) is 0. The summed E-state index contributed by atoms with van der Waals surface area (Å²) in [6.07, 6.45) is 11.5. The fourth-order valence-electron chi connectivity index (χ4n) is 2.29. The molecule has 15 heavy (non-hydrogen) atoms. The van der Waals surface area contributed by atoms with Crippen molar-refractivity contribution in [1.82, 2.24) is 5.32 Å². The topological polar surface area (TPSA) is 12.0 Å². The molecule has 0 radical (unpaired) electrons. The van der Waals surface area contributed by atoms with Crippen molar-refractivity contribution in [2.75, 3.05) is 18.1 Å². The summed E-state index contributed by atoms with van der Waals surface area (Å²) in [7, 11) is 0. The largest absolute Gasteiger partial charge is 0.314 e. The van der Waals surface area contributed by atoms with Crippen molar-refractivity contribution in [3.63, 3.8) is 0 Å². The first-order chi connectivity index (χ1) is 7.43. The Hall–Kier alpha value is 0.310. The van der Waals surface area contributed by atoms with Crippen LogP contribution in [0.3, 0.4) is 0 Å². The van der Waals surface area contributed by atoms with Crippen molar-refractivity contribution in [3.8, 4) is 0 Å². The Morgan fingerprint density at radius 1 is 1.07 bits per heavy atom. The maximum atomic E-state index is 3.73. The van der Waals surface area contributed by atoms with E-state index in [0.717, 1.165) is 6.04 Å². The fourth-order valence-corrected chi connectivity index (χ4v) is 2.92. The lowest BCUT2D eigenvalue weighted by Crippen LogP contribution is -2.30. The second kappa shape index (κ2) is 9.53. The fraction of sp³-hybridized carbons (Fsp3) is 1.00. The van der Waals surface area contributed by atoms with Crippen LogP contribution in [0, 0.1) is 0 Å². The number of rotatable bonds is 6. The Morgan fingerprint density at radius 3 is 2.40 bits per heavy atom. The van der Waals surface area contributed by atoms with Crippen LogP contribution in [0.15, 0.2) is 0 Å². The van der Waals surface area contributed by atoms with Gasteiger partial charge in [0.25, 0.3) is 0 Å². The van der Waals surface area contributed by atoms with E-state index in [1.165, 1.54) is 69.4 Å². The monoisotopic (exact) mass is 229 g/mol. The molecule has 1 saturated carbocycles. The molecule has 1 rings (SSSR count). The SMILES string of the molecule is CCSCCCNC1CCCCCCC1. The third-order valence-electron chi connectivity index (χ3n) is 3.21. The zero-order chi connectivity index (χ0) is 10.8. The van der Waals surface area contributed by atoms with Crippen molar-refractivity contribution in [2.45, 2.75) is 64.3 Å². The molecule has 1 aliphatic carbocycles. The van der Waals surface area contributed by atoms with Crippen LogP contribution in [0.4, 0.5) is 0 Å². The third kappa shape index (κ3) is 7.24. The third-order valence-corrected chi connectivity index (χ3v) is 4.19. The van der Waals surface area contributed by atoms with Gasteiger partial charge in [-0.05, 0) is 37.3 Å². The summed E-state index contributed by atoms with van der Waals surface area (Å²) in [5.74, 6) is 2.60. The minimum Gasteiger partial charge on any atom is -0.314 e. The van der Waals surface area contributed by atoms with Crippen molar-refractivity contribution < 1.29 is 0 Å². The molecular formula is C13H27NS. The number of hydrogen-bond acceptors (Lipinski definition) is 2. The quantitative estimate of drug-likeness (QED) is 0.695. The average Bonchev–Trinajstić information content (AvgIpc) is 2.20. The molecule has 0 aromatic rings. The normalized spacial score (nSPS) is 19.8. The molecule has 1 nitrogen and oxygen atoms in total. The summed E-state index contributed by atoms with van der Waals surface area (Å²) >= 11 is 2.06. The minimum absolute atomic E-state index is 0.830. The van der Waals surface area contributed by atoms with Crippen LogP contribution in [0.1, 0.15) is 58.3 Å². The molecule has 1 aliphatic rings. The number of hydrogen-bond donors (Lipinski definition) is 1. The van der Waals surface area contributed by atoms with Crippen LogP contribution in [-0.2, 0) is 0 Å². The van der Waals surface area contributed by atoms with Crippen molar-refractivity contribution >= 4 is 11.8 Å². The van der Waals surface area contributed by atoms with E-state index in [4.69, 9.17) is 0 Å². The molecule has 0 unspecified atom stereocenters. The van der Waals surface area contributed by atoms with E-state index in [2.05, 4.69) is 24.0 Å². The van der Waals surface area contributed by atoms with Crippen LogP contribution in [-0.4, -0.2) is 24.1 Å². The molecule has 1 N–H and O–H groups in total. The molecule has 0 aromatic carbocycles. The van der Waals surface area contributed by atoms with E-state index in [0.29, 0.717) is 0 Å². The summed E-state index contributed by atoms with van der Waals surface area (Å²) in [6, 6.07) is 0.830. The van der Waals surface area contributed by atoms with E-state index in [-0.39, 0.29) is 0 Å². The van der Waals surface area contributed by atoms with Gasteiger partial charge in [-0.25, -0.2) is 0 Å². The highest BCUT2D eigenvalue weighted by atomic mass is 32.2. The molecule has 0 heterocycles. The Morgan fingerprint density at radius 2 is 1.73 bits per heavy atom. The van der Waals surface area contributed by atoms with Crippen LogP contribution < -0.4 is 5.32 Å². The van der Waals surface area contributed by atoms with Gasteiger partial charge in [-0.15, -0.1) is 0 Å². The minimum atomic E-state index is 0.830. The first-order valence-corrected chi connectivity index (χ1v) is 7.90. The first kappa shape index (κ1) is 13.4. The zero-order valence-electron chi connectivity index (χ0n) is 10.3. The van der Waals surface area contributed by atoms with Crippen molar-refractivity contribution in [3.05, 3.63) is 0 Å². The Bertz CT molecular complexity index is 130. The van der Waals surface area contributed by atoms with Gasteiger partial charge in [0.1, 0.15) is 0 Å². The predicted molar refractivity (Wildman–Crippen MR) is 71.7 cm³/mol. The molecule has 0 saturated heterocycles. The van der Waals surface area contributed by atoms with E-state index in [9.17, 15) is 0 Å². The molecule has 2 heteroatoms. The standard InChI is InChI=1S/C13H27NS/c1-2-15-12-8-11-14-13-9-6-4-3-5-7-10-13/h13-14H,2-12H2,1H3. The van der Waals surface area contributed by atoms with Crippen LogP contribution in [0.2, 0.25) is 0 Å². The molecule has 0 amide bonds. The van der Waals surface area contributed by atoms with Crippen molar-refractivity contribution in [2.24, 2.45) is 0 Å². The lowest BCUT2D eigenvalue weighted by molar-refractivity contribution is 0.391. The highest BCUT2D eigenvalue weighted by molar-refractivity contribution is 7.99. The van der Waals surface area contributed by atoms with Crippen molar-refractivity contribution in [1.29, 1.82) is 0 Å². The highest BCUT2D eigenvalue weighted by Crippen LogP contribution is 2.17. The summed E-state index contributed by atoms with van der Waals surface area (Å²) < 4.78 is 0. The summed E-state index contributed by atoms with van der Waals surface area (Å²) in [5.41, 5.74) is 0. The van der Waals surface area contributed by atoms with Crippen LogP contribution in [0.5, 0.6) is 0 Å². The molecule has 90 valence electrons. The van der Waals surface area contributed by atoms with Gasteiger partial charge in [0.05, 0.1) is 0 Å². The van der Waals surface area contributed by atoms with Crippen LogP contribution >= 0.6 is 11.8 Å². The van der Waals surface area contributed by atoms with Crippen LogP contribution in [0.25, 0.3) is 0 Å². The smallest absolute Gasteiger partial charge is 0.00670 e. The average molecular weight is 229 g/mol. The Balaban J connectivity index is 1.97. The molecule has 0 aliphatic heterocycles. The Labute approximate surface area is 99.8 Å². The van der Waals surface area contributed by atoms with Gasteiger partial charge in [-0.3, -0.25) is 0 Å². The van der Waals surface area contributed by atoms with Gasteiger partial charge in [0, 0.05) is 6.04 Å². The van der Waals surface area contributed by atoms with Gasteiger partial charge in [0.15, 0.2) is 0 Å². The van der Waals surface area contributed by atoms with Gasteiger partial charge in [-0.1, -0.05) is 39.0 Å². The maximum Gasteiger partial charge on any atom is 0.00670 e. The Kier molecular flexibility index (Phi) is 8.50. The summed E-state index contributed by atoms with van der Waals surface area (Å²) in [5, 5.41) is 3.73. The lowest BCUT2D eigenvalue weighted by Gasteiger charge is -2.20. The zero-order valence-corrected chi connectivity index (χ0v) is 11.1. The van der Waals surface area contributed by atoms with Gasteiger partial charge >= 0.3 is 0 Å². The van der Waals surface area contributed by atoms with Gasteiger partial charge in [-0.2, -0.15) is 11.8 Å². The second-order valence-electron chi connectivity index (χ2n) is 4.55. The number of nitrogens with one attached hydrogen (secondary N) is 1. The molecule has 0 aromatic heterocycles. The molecule has 1 fully saturated rings. The molecular weight excluding hydrogens is 202 g/mol. The van der Waals surface area contributed by atoms with E-state index >= 15 is 0 Å². The van der Waals surface area contributed by atoms with E-state index < -0.39 is 0 Å². The molecule has 0 atom stereocenters. The molecule has 0 spiro atoms. The van der Waals surface area contributed by atoms with E-state index in [1.807, 2.05) is 0 Å². The second-order valence-corrected chi connectivity index (χ2v) is 5.94. The summed E-state index contributed by atoms with van der Waals surface area (Å²) in [6.45, 7) is 3.48. The first-order valence-electron chi connectivity index (χ1n) is 6.74. The number of thioether (sulfide) groups is 1.